The zero-order valence-electron chi connectivity index (χ0n) is 10.7. The third-order valence-electron chi connectivity index (χ3n) is 3.17. The quantitative estimate of drug-likeness (QED) is 0.720. The zero-order valence-corrected chi connectivity index (χ0v) is 10.7. The van der Waals surface area contributed by atoms with Gasteiger partial charge in [0, 0.05) is 11.6 Å². The van der Waals surface area contributed by atoms with Crippen LogP contribution in [-0.2, 0) is 0 Å². The fraction of sp³-hybridized carbons (Fsp3) is 0.200. The molecule has 0 saturated carbocycles. The van der Waals surface area contributed by atoms with Gasteiger partial charge in [-0.2, -0.15) is 0 Å². The lowest BCUT2D eigenvalue weighted by molar-refractivity contribution is 0.425. The van der Waals surface area contributed by atoms with Gasteiger partial charge in [-0.3, -0.25) is 0 Å². The van der Waals surface area contributed by atoms with Crippen molar-refractivity contribution in [2.45, 2.75) is 20.8 Å². The van der Waals surface area contributed by atoms with Gasteiger partial charge >= 0.3 is 0 Å². The molecule has 2 rings (SSSR count). The first-order valence-corrected chi connectivity index (χ1v) is 5.74. The van der Waals surface area contributed by atoms with E-state index in [0.717, 1.165) is 16.7 Å². The average Bonchev–Trinajstić information content (AvgIpc) is 2.31. The van der Waals surface area contributed by atoms with Gasteiger partial charge in [0.25, 0.3) is 0 Å². The largest absolute Gasteiger partial charge is 0.507 e. The number of phenols is 3. The lowest BCUT2D eigenvalue weighted by atomic mass is 9.95. The summed E-state index contributed by atoms with van der Waals surface area (Å²) >= 11 is 0. The Morgan fingerprint density at radius 2 is 1.50 bits per heavy atom. The van der Waals surface area contributed by atoms with E-state index in [1.54, 1.807) is 6.92 Å². The molecule has 3 nitrogen and oxygen atoms in total. The molecule has 0 bridgehead atoms. The molecule has 0 radical (unpaired) electrons. The molecule has 0 unspecified atom stereocenters. The number of benzene rings is 2. The van der Waals surface area contributed by atoms with Crippen molar-refractivity contribution in [2.24, 2.45) is 0 Å². The third kappa shape index (κ3) is 1.88. The number of hydrogen-bond acceptors (Lipinski definition) is 3. The predicted octanol–water partition coefficient (Wildman–Crippen LogP) is 3.40. The van der Waals surface area contributed by atoms with Crippen molar-refractivity contribution >= 4 is 0 Å². The highest BCUT2D eigenvalue weighted by atomic mass is 16.3. The fourth-order valence-corrected chi connectivity index (χ4v) is 2.01. The minimum absolute atomic E-state index is 0.0822. The van der Waals surface area contributed by atoms with E-state index in [2.05, 4.69) is 0 Å². The second-order valence-electron chi connectivity index (χ2n) is 4.58. The van der Waals surface area contributed by atoms with Crippen LogP contribution in [0.4, 0.5) is 0 Å². The molecule has 0 atom stereocenters. The van der Waals surface area contributed by atoms with E-state index < -0.39 is 0 Å². The number of aromatic hydroxyl groups is 3. The SMILES string of the molecule is Cc1ccc(C)c(-c2c(O)cc(O)c(C)c2O)c1. The molecule has 3 heteroatoms. The van der Waals surface area contributed by atoms with Crippen LogP contribution in [0.5, 0.6) is 17.2 Å². The van der Waals surface area contributed by atoms with Crippen molar-refractivity contribution in [1.82, 2.24) is 0 Å². The van der Waals surface area contributed by atoms with Crippen LogP contribution in [0.1, 0.15) is 16.7 Å². The molecule has 0 saturated heterocycles. The van der Waals surface area contributed by atoms with Crippen molar-refractivity contribution in [3.8, 4) is 28.4 Å². The van der Waals surface area contributed by atoms with E-state index in [1.165, 1.54) is 6.07 Å². The number of phenolic OH excluding ortho intramolecular Hbond substituents is 3. The Hall–Kier alpha value is -2.16. The van der Waals surface area contributed by atoms with Crippen molar-refractivity contribution in [3.63, 3.8) is 0 Å². The fourth-order valence-electron chi connectivity index (χ4n) is 2.01. The Labute approximate surface area is 106 Å². The highest BCUT2D eigenvalue weighted by Crippen LogP contribution is 2.44. The van der Waals surface area contributed by atoms with Crippen molar-refractivity contribution in [1.29, 1.82) is 0 Å². The van der Waals surface area contributed by atoms with E-state index >= 15 is 0 Å². The number of hydrogen-bond donors (Lipinski definition) is 3. The van der Waals surface area contributed by atoms with Crippen molar-refractivity contribution < 1.29 is 15.3 Å². The van der Waals surface area contributed by atoms with E-state index in [4.69, 9.17) is 0 Å². The molecule has 0 spiro atoms. The lowest BCUT2D eigenvalue weighted by Gasteiger charge is -2.14. The molecule has 0 aromatic heterocycles. The van der Waals surface area contributed by atoms with Gasteiger partial charge in [0.2, 0.25) is 0 Å². The molecule has 94 valence electrons. The molecule has 2 aromatic rings. The zero-order chi connectivity index (χ0) is 13.4. The minimum Gasteiger partial charge on any atom is -0.507 e. The maximum absolute atomic E-state index is 10.1. The topological polar surface area (TPSA) is 60.7 Å². The first kappa shape index (κ1) is 12.3. The van der Waals surface area contributed by atoms with Gasteiger partial charge in [-0.05, 0) is 31.9 Å². The second kappa shape index (κ2) is 4.26. The van der Waals surface area contributed by atoms with E-state index in [9.17, 15) is 15.3 Å². The average molecular weight is 244 g/mol. The van der Waals surface area contributed by atoms with Gasteiger partial charge < -0.3 is 15.3 Å². The maximum atomic E-state index is 10.1. The van der Waals surface area contributed by atoms with Crippen molar-refractivity contribution in [2.75, 3.05) is 0 Å². The van der Waals surface area contributed by atoms with Gasteiger partial charge in [0.05, 0.1) is 5.56 Å². The standard InChI is InChI=1S/C15H16O3/c1-8-4-5-9(2)11(6-8)14-13(17)7-12(16)10(3)15(14)18/h4-7,16-18H,1-3H3. The summed E-state index contributed by atoms with van der Waals surface area (Å²) in [6, 6.07) is 7.07. The van der Waals surface area contributed by atoms with Gasteiger partial charge in [-0.25, -0.2) is 0 Å². The Morgan fingerprint density at radius 1 is 0.833 bits per heavy atom. The van der Waals surface area contributed by atoms with Crippen LogP contribution in [-0.4, -0.2) is 15.3 Å². The van der Waals surface area contributed by atoms with Crippen LogP contribution in [0, 0.1) is 20.8 Å². The highest BCUT2D eigenvalue weighted by Gasteiger charge is 2.17. The van der Waals surface area contributed by atoms with Crippen molar-refractivity contribution in [3.05, 3.63) is 41.0 Å². The molecule has 18 heavy (non-hydrogen) atoms. The first-order valence-electron chi connectivity index (χ1n) is 5.74. The Bertz CT molecular complexity index is 616. The van der Waals surface area contributed by atoms with Crippen LogP contribution in [0.25, 0.3) is 11.1 Å². The molecule has 0 amide bonds. The Kier molecular flexibility index (Phi) is 2.91. The van der Waals surface area contributed by atoms with E-state index in [-0.39, 0.29) is 17.2 Å². The normalized spacial score (nSPS) is 10.6. The molecule has 2 aromatic carbocycles. The summed E-state index contributed by atoms with van der Waals surface area (Å²) in [6.45, 7) is 5.47. The molecule has 0 aliphatic rings. The van der Waals surface area contributed by atoms with Gasteiger partial charge in [-0.15, -0.1) is 0 Å². The van der Waals surface area contributed by atoms with Crippen LogP contribution < -0.4 is 0 Å². The smallest absolute Gasteiger partial charge is 0.133 e. The van der Waals surface area contributed by atoms with Crippen LogP contribution in [0.2, 0.25) is 0 Å². The molecule has 0 aliphatic carbocycles. The summed E-state index contributed by atoms with van der Waals surface area (Å²) in [6.07, 6.45) is 0. The predicted molar refractivity (Wildman–Crippen MR) is 71.1 cm³/mol. The minimum atomic E-state index is -0.121. The Morgan fingerprint density at radius 3 is 2.17 bits per heavy atom. The summed E-state index contributed by atoms with van der Waals surface area (Å²) in [7, 11) is 0. The molecule has 0 heterocycles. The summed E-state index contributed by atoms with van der Waals surface area (Å²) < 4.78 is 0. The van der Waals surface area contributed by atoms with Gasteiger partial charge in [-0.1, -0.05) is 23.8 Å². The van der Waals surface area contributed by atoms with Crippen LogP contribution in [0.3, 0.4) is 0 Å². The first-order chi connectivity index (χ1) is 8.41. The van der Waals surface area contributed by atoms with Crippen LogP contribution >= 0.6 is 0 Å². The Balaban J connectivity index is 2.79. The molecule has 3 N–H and O–H groups in total. The summed E-state index contributed by atoms with van der Waals surface area (Å²) in [4.78, 5) is 0. The number of rotatable bonds is 1. The summed E-state index contributed by atoms with van der Waals surface area (Å²) in [5, 5.41) is 29.6. The molecular formula is C15H16O3. The van der Waals surface area contributed by atoms with E-state index in [0.29, 0.717) is 11.1 Å². The third-order valence-corrected chi connectivity index (χ3v) is 3.17. The summed E-state index contributed by atoms with van der Waals surface area (Å²) in [5.41, 5.74) is 3.50. The molecule has 0 fully saturated rings. The monoisotopic (exact) mass is 244 g/mol. The second-order valence-corrected chi connectivity index (χ2v) is 4.58. The lowest BCUT2D eigenvalue weighted by Crippen LogP contribution is -1.89. The summed E-state index contributed by atoms with van der Waals surface area (Å²) in [5.74, 6) is -0.315. The highest BCUT2D eigenvalue weighted by molar-refractivity contribution is 5.81. The molecular weight excluding hydrogens is 228 g/mol. The van der Waals surface area contributed by atoms with Crippen LogP contribution in [0.15, 0.2) is 24.3 Å². The van der Waals surface area contributed by atoms with Gasteiger partial charge in [0.1, 0.15) is 17.2 Å². The maximum Gasteiger partial charge on any atom is 0.133 e. The van der Waals surface area contributed by atoms with E-state index in [1.807, 2.05) is 32.0 Å². The molecule has 0 aliphatic heterocycles. The van der Waals surface area contributed by atoms with Gasteiger partial charge in [0.15, 0.2) is 0 Å². The number of aryl methyl sites for hydroxylation is 2.